The van der Waals surface area contributed by atoms with Crippen molar-refractivity contribution < 1.29 is 52.8 Å². The second-order valence-corrected chi connectivity index (χ2v) is 7.09. The summed E-state index contributed by atoms with van der Waals surface area (Å²) in [5.74, 6) is -5.34. The van der Waals surface area contributed by atoms with Crippen molar-refractivity contribution in [3.8, 4) is 0 Å². The number of hydrogen-bond acceptors (Lipinski definition) is 10. The number of benzene rings is 1. The van der Waals surface area contributed by atoms with Crippen molar-refractivity contribution >= 4 is 29.8 Å². The fourth-order valence-electron chi connectivity index (χ4n) is 2.14. The van der Waals surface area contributed by atoms with E-state index in [-0.39, 0.29) is 6.61 Å². The van der Waals surface area contributed by atoms with E-state index in [2.05, 4.69) is 4.74 Å². The molecule has 0 fully saturated rings. The molecule has 0 aromatic heterocycles. The summed E-state index contributed by atoms with van der Waals surface area (Å²) in [6, 6.07) is 9.15. The van der Waals surface area contributed by atoms with Crippen LogP contribution in [-0.4, -0.2) is 65.5 Å². The minimum atomic E-state index is -1.43. The first kappa shape index (κ1) is 31.5. The molecule has 5 atom stereocenters. The van der Waals surface area contributed by atoms with Gasteiger partial charge in [-0.05, 0) is 40.2 Å². The zero-order valence-corrected chi connectivity index (χ0v) is 21.0. The SMILES string of the molecule is CC.CC(OCc1ccccc1)C(=O)OC(C)C(=O)O[C@@H](C)C(=O)OC(C)C(=O)O[C@@H](C)C(=O)O. The molecule has 0 spiro atoms. The van der Waals surface area contributed by atoms with Crippen LogP contribution in [0, 0.1) is 0 Å². The smallest absolute Gasteiger partial charge is 0.347 e. The van der Waals surface area contributed by atoms with Crippen LogP contribution in [0.5, 0.6) is 0 Å². The van der Waals surface area contributed by atoms with Crippen molar-refractivity contribution in [2.24, 2.45) is 0 Å². The van der Waals surface area contributed by atoms with Gasteiger partial charge in [-0.15, -0.1) is 0 Å². The topological polar surface area (TPSA) is 152 Å². The molecule has 0 aliphatic rings. The average molecular weight is 499 g/mol. The van der Waals surface area contributed by atoms with E-state index in [0.29, 0.717) is 0 Å². The van der Waals surface area contributed by atoms with Gasteiger partial charge in [0.05, 0.1) is 6.61 Å². The first-order valence-corrected chi connectivity index (χ1v) is 11.1. The van der Waals surface area contributed by atoms with Gasteiger partial charge in [-0.1, -0.05) is 44.2 Å². The van der Waals surface area contributed by atoms with E-state index in [1.807, 2.05) is 44.2 Å². The summed E-state index contributed by atoms with van der Waals surface area (Å²) in [6.07, 6.45) is -6.59. The molecule has 0 aliphatic carbocycles. The van der Waals surface area contributed by atoms with Crippen molar-refractivity contribution in [1.29, 1.82) is 0 Å². The Morgan fingerprint density at radius 1 is 0.629 bits per heavy atom. The molecule has 196 valence electrons. The molecule has 1 rings (SSSR count). The zero-order valence-electron chi connectivity index (χ0n) is 21.0. The number of esters is 4. The maximum Gasteiger partial charge on any atom is 0.347 e. The standard InChI is InChI=1S/C22H28O11.C2H6/c1-12(18(23)24)30-20(26)14(3)32-22(28)16(5)33-21(27)15(4)31-19(25)13(2)29-11-17-9-7-6-8-10-17;1-2/h6-10,12-16H,11H2,1-5H3,(H,23,24);1-2H3/t12-,13?,14?,15?,16-;/m0./s1. The van der Waals surface area contributed by atoms with Crippen LogP contribution in [0.4, 0.5) is 0 Å². The van der Waals surface area contributed by atoms with Gasteiger partial charge in [0.1, 0.15) is 0 Å². The lowest BCUT2D eigenvalue weighted by Crippen LogP contribution is -2.38. The third-order valence-electron chi connectivity index (χ3n) is 4.19. The van der Waals surface area contributed by atoms with Crippen LogP contribution in [0.1, 0.15) is 54.0 Å². The lowest BCUT2D eigenvalue weighted by Gasteiger charge is -2.20. The summed E-state index contributed by atoms with van der Waals surface area (Å²) >= 11 is 0. The number of aliphatic carboxylic acids is 1. The zero-order chi connectivity index (χ0) is 27.1. The molecular weight excluding hydrogens is 464 g/mol. The molecule has 0 aliphatic heterocycles. The summed E-state index contributed by atoms with van der Waals surface area (Å²) in [5.41, 5.74) is 0.854. The third kappa shape index (κ3) is 12.0. The third-order valence-corrected chi connectivity index (χ3v) is 4.19. The molecule has 1 aromatic rings. The van der Waals surface area contributed by atoms with Crippen LogP contribution in [0.3, 0.4) is 0 Å². The molecule has 1 aromatic carbocycles. The lowest BCUT2D eigenvalue weighted by molar-refractivity contribution is -0.185. The van der Waals surface area contributed by atoms with Crippen molar-refractivity contribution in [3.63, 3.8) is 0 Å². The molecule has 11 nitrogen and oxygen atoms in total. The fraction of sp³-hybridized carbons (Fsp3) is 0.542. The highest BCUT2D eigenvalue weighted by molar-refractivity contribution is 5.85. The van der Waals surface area contributed by atoms with Crippen molar-refractivity contribution in [3.05, 3.63) is 35.9 Å². The second kappa shape index (κ2) is 16.2. The Labute approximate surface area is 204 Å². The normalized spacial score (nSPS) is 14.5. The number of carbonyl (C=O) groups is 5. The quantitative estimate of drug-likeness (QED) is 0.334. The van der Waals surface area contributed by atoms with Crippen LogP contribution in [0.2, 0.25) is 0 Å². The van der Waals surface area contributed by atoms with Gasteiger partial charge in [0.15, 0.2) is 30.5 Å². The molecule has 35 heavy (non-hydrogen) atoms. The first-order chi connectivity index (χ1) is 16.4. The van der Waals surface area contributed by atoms with E-state index in [1.165, 1.54) is 27.7 Å². The van der Waals surface area contributed by atoms with Gasteiger partial charge in [0.2, 0.25) is 0 Å². The van der Waals surface area contributed by atoms with Crippen molar-refractivity contribution in [2.75, 3.05) is 0 Å². The van der Waals surface area contributed by atoms with Gasteiger partial charge in [0, 0.05) is 0 Å². The monoisotopic (exact) mass is 498 g/mol. The second-order valence-electron chi connectivity index (χ2n) is 7.09. The van der Waals surface area contributed by atoms with E-state index >= 15 is 0 Å². The largest absolute Gasteiger partial charge is 0.479 e. The highest BCUT2D eigenvalue weighted by atomic mass is 16.6. The Bertz CT molecular complexity index is 837. The lowest BCUT2D eigenvalue weighted by atomic mass is 10.2. The Balaban J connectivity index is 0.00000562. The van der Waals surface area contributed by atoms with Gasteiger partial charge < -0.3 is 28.8 Å². The van der Waals surface area contributed by atoms with Crippen LogP contribution < -0.4 is 0 Å². The summed E-state index contributed by atoms with van der Waals surface area (Å²) in [6.45, 7) is 10.4. The number of carboxylic acid groups (broad SMARTS) is 1. The van der Waals surface area contributed by atoms with E-state index in [0.717, 1.165) is 12.5 Å². The molecule has 0 heterocycles. The predicted molar refractivity (Wildman–Crippen MR) is 122 cm³/mol. The minimum absolute atomic E-state index is 0.171. The van der Waals surface area contributed by atoms with Crippen LogP contribution in [0.15, 0.2) is 30.3 Å². The van der Waals surface area contributed by atoms with Crippen molar-refractivity contribution in [1.82, 2.24) is 0 Å². The number of carboxylic acids is 1. The van der Waals surface area contributed by atoms with Gasteiger partial charge in [-0.2, -0.15) is 0 Å². The Morgan fingerprint density at radius 2 is 0.971 bits per heavy atom. The summed E-state index contributed by atoms with van der Waals surface area (Å²) in [5, 5.41) is 8.73. The molecule has 3 unspecified atom stereocenters. The molecule has 0 amide bonds. The fourth-order valence-corrected chi connectivity index (χ4v) is 2.14. The molecule has 0 radical (unpaired) electrons. The van der Waals surface area contributed by atoms with Crippen LogP contribution in [-0.2, 0) is 54.3 Å². The Kier molecular flexibility index (Phi) is 14.6. The summed E-state index contributed by atoms with van der Waals surface area (Å²) < 4.78 is 24.7. The Morgan fingerprint density at radius 3 is 1.34 bits per heavy atom. The molecule has 11 heteroatoms. The van der Waals surface area contributed by atoms with Gasteiger partial charge in [0.25, 0.3) is 0 Å². The first-order valence-electron chi connectivity index (χ1n) is 11.1. The molecule has 0 saturated heterocycles. The predicted octanol–water partition coefficient (Wildman–Crippen LogP) is 2.43. The number of carbonyl (C=O) groups excluding carboxylic acids is 4. The number of hydrogen-bond donors (Lipinski definition) is 1. The minimum Gasteiger partial charge on any atom is -0.479 e. The van der Waals surface area contributed by atoms with Gasteiger partial charge in [-0.25, -0.2) is 24.0 Å². The van der Waals surface area contributed by atoms with Crippen LogP contribution >= 0.6 is 0 Å². The van der Waals surface area contributed by atoms with Crippen molar-refractivity contribution in [2.45, 2.75) is 85.6 Å². The molecule has 0 bridgehead atoms. The van der Waals surface area contributed by atoms with Crippen LogP contribution in [0.25, 0.3) is 0 Å². The van der Waals surface area contributed by atoms with E-state index in [9.17, 15) is 24.0 Å². The number of rotatable bonds is 12. The highest BCUT2D eigenvalue weighted by Crippen LogP contribution is 2.09. The molecule has 0 saturated carbocycles. The summed E-state index contributed by atoms with van der Waals surface area (Å²) in [4.78, 5) is 58.7. The average Bonchev–Trinajstić information content (AvgIpc) is 2.83. The van der Waals surface area contributed by atoms with E-state index in [1.54, 1.807) is 0 Å². The summed E-state index contributed by atoms with van der Waals surface area (Å²) in [7, 11) is 0. The van der Waals surface area contributed by atoms with Gasteiger partial charge >= 0.3 is 29.8 Å². The van der Waals surface area contributed by atoms with E-state index < -0.39 is 60.4 Å². The number of ether oxygens (including phenoxy) is 5. The molecular formula is C24H34O11. The van der Waals surface area contributed by atoms with E-state index in [4.69, 9.17) is 24.1 Å². The maximum atomic E-state index is 12.1. The van der Waals surface area contributed by atoms with Gasteiger partial charge in [-0.3, -0.25) is 0 Å². The highest BCUT2D eigenvalue weighted by Gasteiger charge is 2.30. The maximum absolute atomic E-state index is 12.1. The molecule has 1 N–H and O–H groups in total. The Hall–Kier alpha value is -3.47.